The van der Waals surface area contributed by atoms with Gasteiger partial charge in [-0.3, -0.25) is 4.57 Å². The van der Waals surface area contributed by atoms with Crippen molar-refractivity contribution in [3.63, 3.8) is 0 Å². The van der Waals surface area contributed by atoms with Gasteiger partial charge in [-0.25, -0.2) is 0 Å². The van der Waals surface area contributed by atoms with Gasteiger partial charge in [-0.2, -0.15) is 0 Å². The maximum atomic E-state index is 11.4. The maximum absolute atomic E-state index is 11.4. The summed E-state index contributed by atoms with van der Waals surface area (Å²) in [7, 11) is -2.74. The van der Waals surface area contributed by atoms with Crippen molar-refractivity contribution in [1.82, 2.24) is 11.1 Å². The van der Waals surface area contributed by atoms with E-state index in [-0.39, 0.29) is 39.9 Å². The molecule has 1 atom stereocenters. The molecule has 9 N–H and O–H groups in total. The second kappa shape index (κ2) is 27.5. The van der Waals surface area contributed by atoms with Crippen molar-refractivity contribution in [2.75, 3.05) is 32.6 Å². The number of hydrogen-bond acceptors (Lipinski definition) is 9. The van der Waals surface area contributed by atoms with Crippen molar-refractivity contribution in [3.05, 3.63) is 0 Å². The first-order valence-corrected chi connectivity index (χ1v) is 15.1. The first kappa shape index (κ1) is 45.3. The van der Waals surface area contributed by atoms with Crippen LogP contribution in [0.5, 0.6) is 0 Å². The first-order chi connectivity index (χ1) is 16.8. The number of aliphatic hydroxyl groups excluding tert-OH is 2. The molecule has 1 aliphatic carbocycles. The third-order valence-corrected chi connectivity index (χ3v) is 6.62. The third kappa shape index (κ3) is 29.3. The number of aliphatic carboxylic acids is 1. The number of carboxylic acid groups (broad SMARTS) is 1. The Morgan fingerprint density at radius 3 is 1.84 bits per heavy atom. The summed E-state index contributed by atoms with van der Waals surface area (Å²) in [5, 5.41) is 29.8. The number of aliphatic hydroxyl groups is 2. The minimum absolute atomic E-state index is 0. The second-order valence-corrected chi connectivity index (χ2v) is 11.1. The molecule has 0 saturated heterocycles. The molecule has 234 valence electrons. The molecule has 0 spiro atoms. The smallest absolute Gasteiger partial charge is 0.756 e. The van der Waals surface area contributed by atoms with Crippen molar-refractivity contribution in [1.29, 1.82) is 0 Å². The van der Waals surface area contributed by atoms with Crippen LogP contribution in [0.15, 0.2) is 0 Å². The molecule has 38 heavy (non-hydrogen) atoms. The number of phosphoric acid groups is 1. The summed E-state index contributed by atoms with van der Waals surface area (Å²) in [6, 6.07) is 0.360. The van der Waals surface area contributed by atoms with E-state index < -0.39 is 19.2 Å². The monoisotopic (exact) mass is 772 g/mol. The Balaban J connectivity index is -0.000000315. The van der Waals surface area contributed by atoms with Gasteiger partial charge in [-0.05, 0) is 77.9 Å². The van der Waals surface area contributed by atoms with Crippen LogP contribution in [0.25, 0.3) is 0 Å². The SMILES string of the molecule is CCCCCCN(C)CCCCCC(CO)(CCCCl)C(=O)[O-].N.NC1CCC(O)CC1.O=P([O-])(O)O.[Pt+2]. The van der Waals surface area contributed by atoms with E-state index in [4.69, 9.17) is 41.7 Å². The van der Waals surface area contributed by atoms with Crippen LogP contribution in [0.4, 0.5) is 0 Å². The van der Waals surface area contributed by atoms with Crippen molar-refractivity contribution < 1.29 is 60.4 Å². The number of unbranched alkanes of at least 4 members (excludes halogenated alkanes) is 5. The van der Waals surface area contributed by atoms with Gasteiger partial charge in [0, 0.05) is 23.3 Å². The quantitative estimate of drug-likeness (QED) is 0.0752. The Hall–Kier alpha value is 0.358. The molecule has 0 aromatic rings. The van der Waals surface area contributed by atoms with Crippen LogP contribution in [0.1, 0.15) is 96.8 Å². The molecule has 1 rings (SSSR count). The average Bonchev–Trinajstić information content (AvgIpc) is 2.80. The van der Waals surface area contributed by atoms with Gasteiger partial charge in [0.2, 0.25) is 0 Å². The molecule has 1 unspecified atom stereocenters. The van der Waals surface area contributed by atoms with Crippen molar-refractivity contribution in [2.45, 2.75) is 109 Å². The molecule has 0 bridgehead atoms. The van der Waals surface area contributed by atoms with Gasteiger partial charge >= 0.3 is 21.1 Å². The topological polar surface area (TPSA) is 225 Å². The van der Waals surface area contributed by atoms with E-state index in [1.165, 1.54) is 25.7 Å². The number of halogens is 1. The number of carbonyl (C=O) groups is 1. The predicted molar refractivity (Wildman–Crippen MR) is 144 cm³/mol. The third-order valence-electron chi connectivity index (χ3n) is 6.35. The van der Waals surface area contributed by atoms with Crippen LogP contribution in [-0.4, -0.2) is 75.6 Å². The predicted octanol–water partition coefficient (Wildman–Crippen LogP) is 1.65. The second-order valence-electron chi connectivity index (χ2n) is 9.75. The van der Waals surface area contributed by atoms with Crippen LogP contribution in [0.3, 0.4) is 0 Å². The first-order valence-electron chi connectivity index (χ1n) is 13.1. The summed E-state index contributed by atoms with van der Waals surface area (Å²) in [5.41, 5.74) is 4.48. The van der Waals surface area contributed by atoms with Crippen molar-refractivity contribution >= 4 is 25.4 Å². The Kier molecular flexibility index (Phi) is 32.8. The van der Waals surface area contributed by atoms with E-state index >= 15 is 0 Å². The van der Waals surface area contributed by atoms with E-state index in [1.807, 2.05) is 0 Å². The van der Waals surface area contributed by atoms with Gasteiger partial charge in [-0.1, -0.05) is 39.0 Å². The number of carboxylic acids is 1. The van der Waals surface area contributed by atoms with Gasteiger partial charge in [0.1, 0.15) is 0 Å². The number of carbonyl (C=O) groups excluding carboxylic acids is 1. The fraction of sp³-hybridized carbons (Fsp3) is 0.958. The average molecular weight is 773 g/mol. The van der Waals surface area contributed by atoms with E-state index in [9.17, 15) is 15.0 Å². The molecule has 1 aliphatic rings. The minimum atomic E-state index is -4.89. The molecule has 0 aromatic heterocycles. The van der Waals surface area contributed by atoms with Crippen molar-refractivity contribution in [3.8, 4) is 0 Å². The molecule has 1 fully saturated rings. The summed E-state index contributed by atoms with van der Waals surface area (Å²) in [6.45, 7) is 4.04. The number of nitrogens with zero attached hydrogens (tertiary/aromatic N) is 1. The van der Waals surface area contributed by atoms with Crippen LogP contribution < -0.4 is 21.9 Å². The van der Waals surface area contributed by atoms with Crippen LogP contribution in [-0.2, 0) is 30.4 Å². The van der Waals surface area contributed by atoms with Crippen LogP contribution >= 0.6 is 19.4 Å². The van der Waals surface area contributed by atoms with Gasteiger partial charge in [0.25, 0.3) is 7.82 Å². The molecule has 0 radical (unpaired) electrons. The summed E-state index contributed by atoms with van der Waals surface area (Å²) < 4.78 is 8.77. The number of nitrogens with two attached hydrogens (primary N) is 1. The number of rotatable bonds is 16. The Bertz CT molecular complexity index is 569. The molecule has 14 heteroatoms. The zero-order valence-corrected chi connectivity index (χ0v) is 27.1. The maximum Gasteiger partial charge on any atom is 2.00 e. The summed E-state index contributed by atoms with van der Waals surface area (Å²) in [5.74, 6) is -0.726. The molecule has 0 heterocycles. The van der Waals surface area contributed by atoms with E-state index in [0.29, 0.717) is 31.2 Å². The zero-order chi connectivity index (χ0) is 28.0. The van der Waals surface area contributed by atoms with E-state index in [0.717, 1.165) is 58.0 Å². The minimum Gasteiger partial charge on any atom is -0.756 e. The van der Waals surface area contributed by atoms with Gasteiger partial charge < -0.3 is 51.6 Å². The summed E-state index contributed by atoms with van der Waals surface area (Å²) in [4.78, 5) is 36.7. The molecule has 0 aromatic carbocycles. The molecule has 1 saturated carbocycles. The van der Waals surface area contributed by atoms with Gasteiger partial charge in [0.15, 0.2) is 0 Å². The molecule has 0 aliphatic heterocycles. The Morgan fingerprint density at radius 2 is 1.47 bits per heavy atom. The fourth-order valence-electron chi connectivity index (χ4n) is 4.00. The van der Waals surface area contributed by atoms with Gasteiger partial charge in [0.05, 0.1) is 12.7 Å². The Morgan fingerprint density at radius 1 is 1.03 bits per heavy atom. The van der Waals surface area contributed by atoms with Crippen molar-refractivity contribution in [2.24, 2.45) is 11.1 Å². The molecule has 0 amide bonds. The normalized spacial score (nSPS) is 18.5. The van der Waals surface area contributed by atoms with E-state index in [1.54, 1.807) is 0 Å². The van der Waals surface area contributed by atoms with Crippen LogP contribution in [0.2, 0.25) is 0 Å². The van der Waals surface area contributed by atoms with E-state index in [2.05, 4.69) is 18.9 Å². The summed E-state index contributed by atoms with van der Waals surface area (Å²) in [6.07, 6.45) is 13.2. The largest absolute Gasteiger partial charge is 2.00 e. The molecular weight excluding hydrogens is 720 g/mol. The molecular formula is C24H53ClN3O8PPt. The van der Waals surface area contributed by atoms with Crippen LogP contribution in [0, 0.1) is 5.41 Å². The fourth-order valence-corrected chi connectivity index (χ4v) is 4.13. The summed E-state index contributed by atoms with van der Waals surface area (Å²) >= 11 is 5.65. The van der Waals surface area contributed by atoms with Gasteiger partial charge in [-0.15, -0.1) is 11.6 Å². The Labute approximate surface area is 249 Å². The molecule has 11 nitrogen and oxygen atoms in total. The zero-order valence-electron chi connectivity index (χ0n) is 23.2. The number of alkyl halides is 1. The standard InChI is InChI=1S/C18H36ClNO3.C6H13NO.H3N.H3O4P.Pt/c1-3-4-5-8-14-20(2)15-9-6-7-11-18(16-21,17(22)23)12-10-13-19;7-5-1-3-6(8)4-2-5;;1-5(2,3)4;/h21H,3-16H2,1-2H3,(H,22,23);5-6,8H,1-4,7H2;1H3;(H3,1,2,3,4);/q;;;;+2/p-2. The number of hydrogen-bond donors (Lipinski definition) is 6.